The van der Waals surface area contributed by atoms with Crippen molar-refractivity contribution in [2.45, 2.75) is 13.3 Å². The maximum atomic E-state index is 5.64. The first-order chi connectivity index (χ1) is 9.24. The number of nitrogens with zero attached hydrogens (tertiary/aromatic N) is 1. The molecular weight excluding hydrogens is 302 g/mol. The van der Waals surface area contributed by atoms with Crippen molar-refractivity contribution in [3.63, 3.8) is 0 Å². The first-order valence-electron chi connectivity index (χ1n) is 6.22. The summed E-state index contributed by atoms with van der Waals surface area (Å²) < 4.78 is 1.05. The molecule has 0 unspecified atom stereocenters. The fourth-order valence-electron chi connectivity index (χ4n) is 2.36. The second kappa shape index (κ2) is 4.79. The molecule has 0 atom stereocenters. The number of halogens is 1. The van der Waals surface area contributed by atoms with Crippen molar-refractivity contribution in [2.75, 3.05) is 5.43 Å². The first kappa shape index (κ1) is 12.4. The molecule has 0 radical (unpaired) electrons. The monoisotopic (exact) mass is 315 g/mol. The number of nitrogens with two attached hydrogens (primary N) is 1. The van der Waals surface area contributed by atoms with Gasteiger partial charge in [0.1, 0.15) is 0 Å². The minimum absolute atomic E-state index is 0.884. The van der Waals surface area contributed by atoms with Crippen LogP contribution < -0.4 is 11.3 Å². The third kappa shape index (κ3) is 1.97. The summed E-state index contributed by atoms with van der Waals surface area (Å²) >= 11 is 3.62. The molecule has 1 heterocycles. The van der Waals surface area contributed by atoms with E-state index in [0.717, 1.165) is 38.6 Å². The number of aryl methyl sites for hydroxylation is 1. The summed E-state index contributed by atoms with van der Waals surface area (Å²) in [4.78, 5) is 4.76. The summed E-state index contributed by atoms with van der Waals surface area (Å²) in [5.41, 5.74) is 5.71. The molecule has 0 aliphatic rings. The standard InChI is InChI=1S/C15H14BrN3/c1-2-9-7-14(19-17)12-8-13(16)10-5-3-4-6-11(10)15(12)18-9/h3-8H,2,17H2,1H3,(H,18,19). The van der Waals surface area contributed by atoms with Crippen LogP contribution in [0.2, 0.25) is 0 Å². The molecule has 0 fully saturated rings. The van der Waals surface area contributed by atoms with Crippen molar-refractivity contribution < 1.29 is 0 Å². The zero-order chi connectivity index (χ0) is 13.4. The van der Waals surface area contributed by atoms with Crippen LogP contribution in [-0.4, -0.2) is 4.98 Å². The molecule has 4 heteroatoms. The van der Waals surface area contributed by atoms with Crippen LogP contribution in [0.5, 0.6) is 0 Å². The molecule has 0 bridgehead atoms. The van der Waals surface area contributed by atoms with E-state index in [4.69, 9.17) is 10.8 Å². The van der Waals surface area contributed by atoms with Crippen LogP contribution in [-0.2, 0) is 6.42 Å². The highest BCUT2D eigenvalue weighted by Crippen LogP contribution is 2.34. The number of nitrogens with one attached hydrogen (secondary N) is 1. The number of pyridine rings is 1. The van der Waals surface area contributed by atoms with E-state index in [9.17, 15) is 0 Å². The molecule has 0 spiro atoms. The maximum absolute atomic E-state index is 5.64. The van der Waals surface area contributed by atoms with Crippen LogP contribution in [0.15, 0.2) is 40.9 Å². The number of aromatic nitrogens is 1. The Morgan fingerprint density at radius 2 is 1.89 bits per heavy atom. The molecule has 0 aliphatic heterocycles. The molecule has 3 nitrogen and oxygen atoms in total. The quantitative estimate of drug-likeness (QED) is 0.427. The van der Waals surface area contributed by atoms with Crippen molar-refractivity contribution in [2.24, 2.45) is 5.84 Å². The zero-order valence-electron chi connectivity index (χ0n) is 10.6. The zero-order valence-corrected chi connectivity index (χ0v) is 12.2. The molecule has 1 aromatic heterocycles. The summed E-state index contributed by atoms with van der Waals surface area (Å²) in [6.45, 7) is 2.09. The highest BCUT2D eigenvalue weighted by atomic mass is 79.9. The number of hydrogen-bond donors (Lipinski definition) is 2. The Labute approximate surface area is 119 Å². The van der Waals surface area contributed by atoms with Gasteiger partial charge in [-0.15, -0.1) is 0 Å². The van der Waals surface area contributed by atoms with Gasteiger partial charge in [0.15, 0.2) is 0 Å². The van der Waals surface area contributed by atoms with Crippen LogP contribution in [0.3, 0.4) is 0 Å². The van der Waals surface area contributed by atoms with Crippen LogP contribution in [0.1, 0.15) is 12.6 Å². The van der Waals surface area contributed by atoms with E-state index in [1.165, 1.54) is 5.39 Å². The average Bonchev–Trinajstić information content (AvgIpc) is 2.47. The number of benzene rings is 2. The fraction of sp³-hybridized carbons (Fsp3) is 0.133. The third-order valence-corrected chi connectivity index (χ3v) is 4.00. The fourth-order valence-corrected chi connectivity index (χ4v) is 2.94. The van der Waals surface area contributed by atoms with Gasteiger partial charge in [-0.1, -0.05) is 47.1 Å². The van der Waals surface area contributed by atoms with Crippen molar-refractivity contribution >= 4 is 43.3 Å². The molecule has 3 aromatic rings. The Morgan fingerprint density at radius 1 is 1.16 bits per heavy atom. The van der Waals surface area contributed by atoms with Crippen molar-refractivity contribution in [3.8, 4) is 0 Å². The Bertz CT molecular complexity index is 768. The predicted molar refractivity (Wildman–Crippen MR) is 84.1 cm³/mol. The van der Waals surface area contributed by atoms with Gasteiger partial charge in [-0.25, -0.2) is 0 Å². The lowest BCUT2D eigenvalue weighted by Gasteiger charge is -2.11. The Balaban J connectivity index is 2.53. The molecule has 0 saturated carbocycles. The van der Waals surface area contributed by atoms with E-state index in [1.54, 1.807) is 0 Å². The molecular formula is C15H14BrN3. The molecule has 0 aliphatic carbocycles. The SMILES string of the molecule is CCc1cc(NN)c2cc(Br)c3ccccc3c2n1. The van der Waals surface area contributed by atoms with Gasteiger partial charge >= 0.3 is 0 Å². The van der Waals surface area contributed by atoms with Gasteiger partial charge in [0.2, 0.25) is 0 Å². The lowest BCUT2D eigenvalue weighted by molar-refractivity contribution is 1.06. The van der Waals surface area contributed by atoms with Gasteiger partial charge in [-0.2, -0.15) is 0 Å². The molecule has 0 amide bonds. The number of hydrogen-bond acceptors (Lipinski definition) is 3. The first-order valence-corrected chi connectivity index (χ1v) is 7.01. The summed E-state index contributed by atoms with van der Waals surface area (Å²) in [5, 5.41) is 3.34. The van der Waals surface area contributed by atoms with Gasteiger partial charge in [0.05, 0.1) is 11.2 Å². The predicted octanol–water partition coefficient (Wildman–Crippen LogP) is 4.00. The van der Waals surface area contributed by atoms with Crippen LogP contribution >= 0.6 is 15.9 Å². The molecule has 19 heavy (non-hydrogen) atoms. The number of fused-ring (bicyclic) bond motifs is 3. The van der Waals surface area contributed by atoms with E-state index >= 15 is 0 Å². The average molecular weight is 316 g/mol. The maximum Gasteiger partial charge on any atom is 0.0805 e. The van der Waals surface area contributed by atoms with Gasteiger partial charge < -0.3 is 5.43 Å². The minimum Gasteiger partial charge on any atom is -0.323 e. The largest absolute Gasteiger partial charge is 0.323 e. The molecule has 96 valence electrons. The lowest BCUT2D eigenvalue weighted by Crippen LogP contribution is -2.08. The van der Waals surface area contributed by atoms with Crippen LogP contribution in [0.4, 0.5) is 5.69 Å². The summed E-state index contributed by atoms with van der Waals surface area (Å²) in [6, 6.07) is 12.3. The van der Waals surface area contributed by atoms with Crippen LogP contribution in [0.25, 0.3) is 21.7 Å². The molecule has 3 N–H and O–H groups in total. The summed E-state index contributed by atoms with van der Waals surface area (Å²) in [7, 11) is 0. The highest BCUT2D eigenvalue weighted by Gasteiger charge is 2.10. The van der Waals surface area contributed by atoms with Gasteiger partial charge in [0, 0.05) is 20.9 Å². The van der Waals surface area contributed by atoms with E-state index < -0.39 is 0 Å². The molecule has 2 aromatic carbocycles. The number of nitrogen functional groups attached to an aromatic ring is 1. The van der Waals surface area contributed by atoms with E-state index in [-0.39, 0.29) is 0 Å². The number of hydrazine groups is 1. The molecule has 3 rings (SSSR count). The number of rotatable bonds is 2. The smallest absolute Gasteiger partial charge is 0.0805 e. The van der Waals surface area contributed by atoms with Crippen LogP contribution in [0, 0.1) is 0 Å². The summed E-state index contributed by atoms with van der Waals surface area (Å²) in [6.07, 6.45) is 0.884. The van der Waals surface area contributed by atoms with Crippen molar-refractivity contribution in [1.82, 2.24) is 4.98 Å². The Morgan fingerprint density at radius 3 is 2.58 bits per heavy atom. The molecule has 0 saturated heterocycles. The highest BCUT2D eigenvalue weighted by molar-refractivity contribution is 9.10. The van der Waals surface area contributed by atoms with E-state index in [1.807, 2.05) is 18.2 Å². The van der Waals surface area contributed by atoms with Gasteiger partial charge in [-0.05, 0) is 23.9 Å². The van der Waals surface area contributed by atoms with Crippen molar-refractivity contribution in [1.29, 1.82) is 0 Å². The minimum atomic E-state index is 0.884. The van der Waals surface area contributed by atoms with Gasteiger partial charge in [-0.3, -0.25) is 10.8 Å². The van der Waals surface area contributed by atoms with Crippen molar-refractivity contribution in [3.05, 3.63) is 46.6 Å². The Kier molecular flexibility index (Phi) is 3.12. The third-order valence-electron chi connectivity index (χ3n) is 3.34. The Hall–Kier alpha value is -1.65. The van der Waals surface area contributed by atoms with E-state index in [0.29, 0.717) is 0 Å². The lowest BCUT2D eigenvalue weighted by atomic mass is 10.0. The number of anilines is 1. The van der Waals surface area contributed by atoms with E-state index in [2.05, 4.69) is 46.5 Å². The second-order valence-corrected chi connectivity index (χ2v) is 5.31. The normalized spacial score (nSPS) is 11.1. The topological polar surface area (TPSA) is 50.9 Å². The second-order valence-electron chi connectivity index (χ2n) is 4.46. The summed E-state index contributed by atoms with van der Waals surface area (Å²) in [5.74, 6) is 5.64. The van der Waals surface area contributed by atoms with Gasteiger partial charge in [0.25, 0.3) is 0 Å².